The van der Waals surface area contributed by atoms with E-state index in [0.29, 0.717) is 17.8 Å². The first-order chi connectivity index (χ1) is 12.9. The zero-order valence-corrected chi connectivity index (χ0v) is 16.0. The number of hydrogen-bond acceptors (Lipinski definition) is 5. The molecule has 27 heavy (non-hydrogen) atoms. The van der Waals surface area contributed by atoms with Crippen molar-refractivity contribution in [3.63, 3.8) is 0 Å². The summed E-state index contributed by atoms with van der Waals surface area (Å²) < 4.78 is 52.0. The molecule has 1 aromatic carbocycles. The highest BCUT2D eigenvalue weighted by atomic mass is 32.1. The van der Waals surface area contributed by atoms with E-state index in [1.807, 2.05) is 6.92 Å². The second-order valence-electron chi connectivity index (χ2n) is 6.01. The highest BCUT2D eigenvalue weighted by Gasteiger charge is 2.64. The third kappa shape index (κ3) is 4.68. The van der Waals surface area contributed by atoms with Gasteiger partial charge in [-0.1, -0.05) is 50.1 Å². The smallest absolute Gasteiger partial charge is 0.432 e. The van der Waals surface area contributed by atoms with Crippen molar-refractivity contribution in [3.05, 3.63) is 52.5 Å². The van der Waals surface area contributed by atoms with Crippen LogP contribution in [-0.4, -0.2) is 24.2 Å². The summed E-state index contributed by atoms with van der Waals surface area (Å²) in [5.74, 6) is -1.49. The quantitative estimate of drug-likeness (QED) is 0.416. The van der Waals surface area contributed by atoms with Gasteiger partial charge < -0.3 is 9.47 Å². The lowest BCUT2D eigenvalue weighted by molar-refractivity contribution is -0.278. The fraction of sp³-hybridized carbons (Fsp3) is 0.474. The number of aromatic nitrogens is 1. The minimum atomic E-state index is -4.99. The number of benzene rings is 1. The van der Waals surface area contributed by atoms with Gasteiger partial charge in [-0.3, -0.25) is 0 Å². The highest BCUT2D eigenvalue weighted by Crippen LogP contribution is 2.44. The van der Waals surface area contributed by atoms with Crippen LogP contribution in [0.3, 0.4) is 0 Å². The van der Waals surface area contributed by atoms with Crippen molar-refractivity contribution in [2.45, 2.75) is 50.5 Å². The van der Waals surface area contributed by atoms with Gasteiger partial charge in [-0.25, -0.2) is 9.78 Å². The van der Waals surface area contributed by atoms with Crippen molar-refractivity contribution >= 4 is 17.3 Å². The molecule has 0 radical (unpaired) electrons. The Bertz CT molecular complexity index is 707. The number of rotatable bonds is 9. The number of unbranched alkanes of at least 4 members (excludes halogenated alkanes) is 2. The first-order valence-electron chi connectivity index (χ1n) is 8.64. The van der Waals surface area contributed by atoms with E-state index < -0.39 is 23.9 Å². The van der Waals surface area contributed by atoms with Gasteiger partial charge in [0.1, 0.15) is 5.01 Å². The lowest BCUT2D eigenvalue weighted by Gasteiger charge is -2.33. The molecular weight excluding hydrogens is 379 g/mol. The van der Waals surface area contributed by atoms with Gasteiger partial charge in [0.15, 0.2) is 6.10 Å². The Morgan fingerprint density at radius 2 is 1.93 bits per heavy atom. The lowest BCUT2D eigenvalue weighted by Crippen LogP contribution is -2.52. The van der Waals surface area contributed by atoms with Gasteiger partial charge in [0.25, 0.3) is 5.60 Å². The maximum atomic E-state index is 14.0. The molecule has 0 unspecified atom stereocenters. The summed E-state index contributed by atoms with van der Waals surface area (Å²) in [6.07, 6.45) is -1.36. The second kappa shape index (κ2) is 9.32. The zero-order valence-electron chi connectivity index (χ0n) is 15.2. The number of alkyl halides is 3. The molecule has 0 aliphatic rings. The molecule has 0 aliphatic carbocycles. The molecule has 0 amide bonds. The van der Waals surface area contributed by atoms with Crippen LogP contribution in [0, 0.1) is 0 Å². The molecule has 2 atom stereocenters. The molecule has 1 aromatic heterocycles. The van der Waals surface area contributed by atoms with Gasteiger partial charge in [0.05, 0.1) is 0 Å². The monoisotopic (exact) mass is 401 g/mol. The van der Waals surface area contributed by atoms with Gasteiger partial charge in [-0.15, -0.1) is 11.3 Å². The number of hydrogen-bond donors (Lipinski definition) is 0. The van der Waals surface area contributed by atoms with Crippen molar-refractivity contribution in [1.29, 1.82) is 0 Å². The van der Waals surface area contributed by atoms with Crippen molar-refractivity contribution < 1.29 is 27.4 Å². The van der Waals surface area contributed by atoms with Gasteiger partial charge in [0, 0.05) is 24.3 Å². The van der Waals surface area contributed by atoms with Gasteiger partial charge in [-0.2, -0.15) is 13.2 Å². The summed E-state index contributed by atoms with van der Waals surface area (Å²) in [7, 11) is 0.858. The minimum Gasteiger partial charge on any atom is -0.452 e. The average molecular weight is 401 g/mol. The number of nitrogens with zero attached hydrogens (tertiary/aromatic N) is 1. The summed E-state index contributed by atoms with van der Waals surface area (Å²) in [4.78, 5) is 16.9. The molecule has 1 heterocycles. The Morgan fingerprint density at radius 1 is 1.22 bits per heavy atom. The molecule has 0 spiro atoms. The Morgan fingerprint density at radius 3 is 2.44 bits per heavy atom. The van der Waals surface area contributed by atoms with Crippen LogP contribution in [-0.2, 0) is 19.9 Å². The van der Waals surface area contributed by atoms with E-state index in [2.05, 4.69) is 4.98 Å². The van der Waals surface area contributed by atoms with Crippen molar-refractivity contribution in [2.24, 2.45) is 0 Å². The first kappa shape index (κ1) is 21.4. The molecule has 2 rings (SSSR count). The predicted octanol–water partition coefficient (Wildman–Crippen LogP) is 5.41. The van der Waals surface area contributed by atoms with Crippen LogP contribution in [0.5, 0.6) is 0 Å². The van der Waals surface area contributed by atoms with Crippen LogP contribution < -0.4 is 0 Å². The topological polar surface area (TPSA) is 48.4 Å². The van der Waals surface area contributed by atoms with Gasteiger partial charge >= 0.3 is 12.1 Å². The molecule has 0 bridgehead atoms. The Hall–Kier alpha value is -1.93. The fourth-order valence-corrected chi connectivity index (χ4v) is 3.51. The maximum Gasteiger partial charge on any atom is 0.432 e. The van der Waals surface area contributed by atoms with E-state index in [-0.39, 0.29) is 5.56 Å². The number of thiazole rings is 1. The number of carbonyl (C=O) groups excluding carboxylic acids is 1. The molecule has 0 fully saturated rings. The fourth-order valence-electron chi connectivity index (χ4n) is 2.81. The lowest BCUT2D eigenvalue weighted by atomic mass is 9.92. The van der Waals surface area contributed by atoms with Crippen LogP contribution in [0.25, 0.3) is 0 Å². The summed E-state index contributed by atoms with van der Waals surface area (Å²) in [6, 6.07) is 6.81. The minimum absolute atomic E-state index is 0.323. The molecule has 0 saturated heterocycles. The molecule has 8 heteroatoms. The number of halogens is 3. The molecule has 0 N–H and O–H groups in total. The van der Waals surface area contributed by atoms with Gasteiger partial charge in [-0.05, 0) is 12.8 Å². The van der Waals surface area contributed by atoms with Gasteiger partial charge in [0.2, 0.25) is 0 Å². The third-order valence-electron chi connectivity index (χ3n) is 4.22. The zero-order chi connectivity index (χ0) is 19.9. The largest absolute Gasteiger partial charge is 0.452 e. The molecule has 4 nitrogen and oxygen atoms in total. The van der Waals surface area contributed by atoms with Crippen LogP contribution in [0.2, 0.25) is 0 Å². The number of methoxy groups -OCH3 is 1. The van der Waals surface area contributed by atoms with Crippen molar-refractivity contribution in [1.82, 2.24) is 4.98 Å². The maximum absolute atomic E-state index is 14.0. The first-order valence-corrected chi connectivity index (χ1v) is 9.52. The summed E-state index contributed by atoms with van der Waals surface area (Å²) in [5.41, 5.74) is -3.51. The number of carbonyl (C=O) groups is 1. The van der Waals surface area contributed by atoms with Crippen molar-refractivity contribution in [3.8, 4) is 0 Å². The number of ether oxygens (including phenoxy) is 2. The normalized spacial score (nSPS) is 15.1. The van der Waals surface area contributed by atoms with E-state index in [1.54, 1.807) is 11.4 Å². The van der Waals surface area contributed by atoms with Crippen LogP contribution >= 0.6 is 11.3 Å². The van der Waals surface area contributed by atoms with Crippen LogP contribution in [0.4, 0.5) is 13.2 Å². The summed E-state index contributed by atoms with van der Waals surface area (Å²) >= 11 is 1.24. The average Bonchev–Trinajstić information content (AvgIpc) is 3.16. The van der Waals surface area contributed by atoms with E-state index >= 15 is 0 Å². The molecular formula is C19H22F3NO3S. The molecule has 148 valence electrons. The Labute approximate surface area is 160 Å². The number of esters is 1. The second-order valence-corrected chi connectivity index (χ2v) is 6.94. The van der Waals surface area contributed by atoms with E-state index in [9.17, 15) is 18.0 Å². The SMILES string of the molecule is CCCCC[C@H](OC(=O)[C@@](OC)(c1ccccc1)C(F)(F)F)c1nccs1. The highest BCUT2D eigenvalue weighted by molar-refractivity contribution is 7.09. The standard InChI is InChI=1S/C19H22F3NO3S/c1-3-4-6-11-15(16-23-12-13-27-16)26-17(24)18(25-2,19(20,21)22)14-9-7-5-8-10-14/h5,7-10,12-13,15H,3-4,6,11H2,1-2H3/t15-,18-/m0/s1. The van der Waals surface area contributed by atoms with Crippen LogP contribution in [0.15, 0.2) is 41.9 Å². The predicted molar refractivity (Wildman–Crippen MR) is 96.3 cm³/mol. The molecule has 2 aromatic rings. The van der Waals surface area contributed by atoms with E-state index in [0.717, 1.165) is 20.0 Å². The Balaban J connectivity index is 2.36. The summed E-state index contributed by atoms with van der Waals surface area (Å²) in [5, 5.41) is 2.17. The Kier molecular flexibility index (Phi) is 7.38. The summed E-state index contributed by atoms with van der Waals surface area (Å²) in [6.45, 7) is 2.01. The van der Waals surface area contributed by atoms with E-state index in [4.69, 9.17) is 9.47 Å². The van der Waals surface area contributed by atoms with Crippen molar-refractivity contribution in [2.75, 3.05) is 7.11 Å². The molecule has 0 saturated carbocycles. The third-order valence-corrected chi connectivity index (χ3v) is 5.09. The molecule has 0 aliphatic heterocycles. The van der Waals surface area contributed by atoms with Crippen LogP contribution in [0.1, 0.15) is 49.3 Å². The van der Waals surface area contributed by atoms with E-state index in [1.165, 1.54) is 41.8 Å².